The van der Waals surface area contributed by atoms with E-state index < -0.39 is 0 Å². The largest absolute Gasteiger partial charge is 0.397 e. The molecule has 1 heterocycles. The summed E-state index contributed by atoms with van der Waals surface area (Å²) in [5.74, 6) is -0.155. The second-order valence-corrected chi connectivity index (χ2v) is 2.87. The molecule has 1 N–H and O–H groups in total. The summed E-state index contributed by atoms with van der Waals surface area (Å²) in [5, 5.41) is 10.2. The van der Waals surface area contributed by atoms with Crippen molar-refractivity contribution in [2.75, 3.05) is 0 Å². The number of hydrogen-bond donors (Lipinski definition) is 1. The van der Waals surface area contributed by atoms with Gasteiger partial charge in [-0.1, -0.05) is 13.2 Å². The zero-order valence-electron chi connectivity index (χ0n) is 7.87. The Bertz CT molecular complexity index is 303. The van der Waals surface area contributed by atoms with Crippen LogP contribution >= 0.6 is 0 Å². The molecule has 0 aliphatic carbocycles. The van der Waals surface area contributed by atoms with Crippen LogP contribution in [0.15, 0.2) is 12.3 Å². The number of nitrogens with zero attached hydrogens (tertiary/aromatic N) is 2. The second-order valence-electron chi connectivity index (χ2n) is 2.87. The first-order valence-corrected chi connectivity index (χ1v) is 4.31. The predicted molar refractivity (Wildman–Crippen MR) is 51.9 cm³/mol. The van der Waals surface area contributed by atoms with Gasteiger partial charge in [-0.3, -0.25) is 4.79 Å². The highest BCUT2D eigenvalue weighted by atomic mass is 16.1. The number of rotatable bonds is 3. The minimum absolute atomic E-state index is 0.155. The van der Waals surface area contributed by atoms with Crippen LogP contribution in [0, 0.1) is 6.92 Å². The number of carbonyl (C=O) groups excluding carboxylic acids is 1. The van der Waals surface area contributed by atoms with E-state index in [0.29, 0.717) is 13.1 Å². The van der Waals surface area contributed by atoms with Gasteiger partial charge in [0.25, 0.3) is 5.91 Å². The molecular weight excluding hydrogens is 165 g/mol. The van der Waals surface area contributed by atoms with Crippen molar-refractivity contribution in [3.8, 4) is 0 Å². The third-order valence-corrected chi connectivity index (χ3v) is 1.56. The molecule has 0 unspecified atom stereocenters. The molecule has 0 aliphatic heterocycles. The minimum Gasteiger partial charge on any atom is -0.397 e. The van der Waals surface area contributed by atoms with E-state index in [-0.39, 0.29) is 5.91 Å². The molecular formula is C8H12BN3O. The number of carbonyl (C=O) groups is 1. The molecule has 1 aromatic heterocycles. The van der Waals surface area contributed by atoms with Gasteiger partial charge in [0.2, 0.25) is 7.41 Å². The van der Waals surface area contributed by atoms with E-state index >= 15 is 0 Å². The number of aromatic nitrogens is 2. The summed E-state index contributed by atoms with van der Waals surface area (Å²) >= 11 is 0. The lowest BCUT2D eigenvalue weighted by atomic mass is 9.90. The summed E-state index contributed by atoms with van der Waals surface area (Å²) in [6, 6.07) is 1.72. The van der Waals surface area contributed by atoms with Gasteiger partial charge in [0.1, 0.15) is 5.69 Å². The first-order chi connectivity index (χ1) is 6.24. The summed E-state index contributed by atoms with van der Waals surface area (Å²) in [7, 11) is 0.675. The summed E-state index contributed by atoms with van der Waals surface area (Å²) in [5.41, 5.74) is 1.32. The van der Waals surface area contributed by atoms with Gasteiger partial charge >= 0.3 is 0 Å². The third-order valence-electron chi connectivity index (χ3n) is 1.56. The Hall–Kier alpha value is -1.39. The van der Waals surface area contributed by atoms with Gasteiger partial charge in [0.15, 0.2) is 0 Å². The van der Waals surface area contributed by atoms with Crippen molar-refractivity contribution in [3.63, 3.8) is 0 Å². The standard InChI is InChI=1S/C8H12BN3O/c1-3-9-11-8(13)7-4-6(2)5-10-12-7/h4-5,9H,3H2,1-2H3,(H,11,13). The van der Waals surface area contributed by atoms with E-state index in [1.807, 2.05) is 13.8 Å². The van der Waals surface area contributed by atoms with Gasteiger partial charge in [-0.2, -0.15) is 5.10 Å². The van der Waals surface area contributed by atoms with Gasteiger partial charge in [-0.15, -0.1) is 5.10 Å². The molecule has 0 saturated carbocycles. The van der Waals surface area contributed by atoms with Crippen LogP contribution in [-0.2, 0) is 0 Å². The lowest BCUT2D eigenvalue weighted by molar-refractivity contribution is 0.0974. The molecule has 0 radical (unpaired) electrons. The second kappa shape index (κ2) is 4.59. The van der Waals surface area contributed by atoms with E-state index in [2.05, 4.69) is 15.4 Å². The summed E-state index contributed by atoms with van der Waals surface area (Å²) < 4.78 is 0. The predicted octanol–water partition coefficient (Wildman–Crippen LogP) is 0.305. The molecule has 0 atom stereocenters. The molecule has 0 aromatic carbocycles. The maximum absolute atomic E-state index is 11.3. The lowest BCUT2D eigenvalue weighted by Crippen LogP contribution is -2.27. The summed E-state index contributed by atoms with van der Waals surface area (Å²) in [6.45, 7) is 3.88. The van der Waals surface area contributed by atoms with Crippen molar-refractivity contribution in [1.82, 2.24) is 15.4 Å². The van der Waals surface area contributed by atoms with Gasteiger partial charge in [0.05, 0.1) is 6.20 Å². The Morgan fingerprint density at radius 1 is 1.69 bits per heavy atom. The molecule has 4 nitrogen and oxygen atoms in total. The van der Waals surface area contributed by atoms with Crippen LogP contribution in [0.4, 0.5) is 0 Å². The van der Waals surface area contributed by atoms with Crippen molar-refractivity contribution >= 4 is 13.3 Å². The van der Waals surface area contributed by atoms with Crippen molar-refractivity contribution in [1.29, 1.82) is 0 Å². The molecule has 1 aromatic rings. The summed E-state index contributed by atoms with van der Waals surface area (Å²) in [4.78, 5) is 11.3. The Balaban J connectivity index is 2.66. The lowest BCUT2D eigenvalue weighted by Gasteiger charge is -2.00. The molecule has 0 fully saturated rings. The monoisotopic (exact) mass is 177 g/mol. The van der Waals surface area contributed by atoms with Crippen LogP contribution < -0.4 is 5.23 Å². The molecule has 0 aliphatic rings. The average molecular weight is 177 g/mol. The Kier molecular flexibility index (Phi) is 3.43. The van der Waals surface area contributed by atoms with E-state index in [0.717, 1.165) is 11.9 Å². The fourth-order valence-corrected chi connectivity index (χ4v) is 0.904. The molecule has 1 amide bonds. The van der Waals surface area contributed by atoms with Crippen LogP contribution in [0.3, 0.4) is 0 Å². The highest BCUT2D eigenvalue weighted by molar-refractivity contribution is 6.37. The summed E-state index contributed by atoms with van der Waals surface area (Å²) in [6.07, 6.45) is 2.54. The first-order valence-electron chi connectivity index (χ1n) is 4.31. The van der Waals surface area contributed by atoms with E-state index in [1.165, 1.54) is 0 Å². The maximum Gasteiger partial charge on any atom is 0.259 e. The smallest absolute Gasteiger partial charge is 0.259 e. The van der Waals surface area contributed by atoms with Gasteiger partial charge in [-0.05, 0) is 18.6 Å². The molecule has 13 heavy (non-hydrogen) atoms. The van der Waals surface area contributed by atoms with Gasteiger partial charge in [0, 0.05) is 0 Å². The molecule has 1 rings (SSSR count). The van der Waals surface area contributed by atoms with E-state index in [1.54, 1.807) is 12.3 Å². The number of nitrogens with one attached hydrogen (secondary N) is 1. The maximum atomic E-state index is 11.3. The van der Waals surface area contributed by atoms with Crippen molar-refractivity contribution < 1.29 is 4.79 Å². The van der Waals surface area contributed by atoms with Gasteiger partial charge < -0.3 is 5.23 Å². The SMILES string of the molecule is CCBNC(=O)c1cc(C)cnn1. The quantitative estimate of drug-likeness (QED) is 0.675. The van der Waals surface area contributed by atoms with Crippen molar-refractivity contribution in [3.05, 3.63) is 23.5 Å². The Morgan fingerprint density at radius 3 is 3.08 bits per heavy atom. The molecule has 0 bridgehead atoms. The van der Waals surface area contributed by atoms with Crippen LogP contribution in [0.1, 0.15) is 23.0 Å². The van der Waals surface area contributed by atoms with Crippen molar-refractivity contribution in [2.45, 2.75) is 20.2 Å². The highest BCUT2D eigenvalue weighted by Crippen LogP contribution is 1.96. The fraction of sp³-hybridized carbons (Fsp3) is 0.375. The van der Waals surface area contributed by atoms with Crippen LogP contribution in [-0.4, -0.2) is 23.5 Å². The Labute approximate surface area is 78.0 Å². The average Bonchev–Trinajstić information content (AvgIpc) is 2.14. The molecule has 68 valence electrons. The van der Waals surface area contributed by atoms with E-state index in [9.17, 15) is 4.79 Å². The topological polar surface area (TPSA) is 54.9 Å². The number of hydrogen-bond acceptors (Lipinski definition) is 3. The zero-order valence-corrected chi connectivity index (χ0v) is 7.87. The number of aryl methyl sites for hydroxylation is 1. The van der Waals surface area contributed by atoms with Crippen molar-refractivity contribution in [2.24, 2.45) is 0 Å². The highest BCUT2D eigenvalue weighted by Gasteiger charge is 2.06. The zero-order chi connectivity index (χ0) is 9.68. The van der Waals surface area contributed by atoms with Crippen LogP contribution in [0.2, 0.25) is 6.32 Å². The molecule has 5 heteroatoms. The van der Waals surface area contributed by atoms with E-state index in [4.69, 9.17) is 0 Å². The van der Waals surface area contributed by atoms with Crippen LogP contribution in [0.25, 0.3) is 0 Å². The fourth-order valence-electron chi connectivity index (χ4n) is 0.904. The normalized spacial score (nSPS) is 9.38. The molecule has 0 spiro atoms. The minimum atomic E-state index is -0.155. The van der Waals surface area contributed by atoms with Crippen LogP contribution in [0.5, 0.6) is 0 Å². The number of amides is 1. The molecule has 0 saturated heterocycles. The Morgan fingerprint density at radius 2 is 2.46 bits per heavy atom. The third kappa shape index (κ3) is 2.85. The first kappa shape index (κ1) is 9.70. The van der Waals surface area contributed by atoms with Gasteiger partial charge in [-0.25, -0.2) is 0 Å².